The average Bonchev–Trinajstić information content (AvgIpc) is 3.14. The Labute approximate surface area is 164 Å². The van der Waals surface area contributed by atoms with E-state index in [2.05, 4.69) is 15.9 Å². The van der Waals surface area contributed by atoms with E-state index in [-0.39, 0.29) is 12.5 Å². The first-order chi connectivity index (χ1) is 12.7. The number of hydrogen-bond acceptors (Lipinski definition) is 4. The van der Waals surface area contributed by atoms with E-state index in [1.807, 2.05) is 48.5 Å². The number of furan rings is 1. The van der Waals surface area contributed by atoms with Gasteiger partial charge in [0, 0.05) is 21.7 Å². The molecule has 26 heavy (non-hydrogen) atoms. The fourth-order valence-corrected chi connectivity index (χ4v) is 4.17. The standard InChI is InChI=1S/C20H16BrNO3S/c21-14-4-3-5-15(12-14)24-13-16-8-9-18(25-16)20(23)22-10-11-26-19-7-2-1-6-17(19)22/h1-9,12H,10-11,13H2. The van der Waals surface area contributed by atoms with Crippen molar-refractivity contribution in [1.29, 1.82) is 0 Å². The van der Waals surface area contributed by atoms with Crippen LogP contribution in [0.5, 0.6) is 5.75 Å². The third kappa shape index (κ3) is 3.66. The molecule has 1 aliphatic rings. The van der Waals surface area contributed by atoms with Crippen molar-refractivity contribution in [2.24, 2.45) is 0 Å². The van der Waals surface area contributed by atoms with Crippen molar-refractivity contribution in [3.63, 3.8) is 0 Å². The Kier molecular flexibility index (Phi) is 5.04. The smallest absolute Gasteiger partial charge is 0.294 e. The van der Waals surface area contributed by atoms with E-state index in [4.69, 9.17) is 9.15 Å². The van der Waals surface area contributed by atoms with Crippen LogP contribution in [0.2, 0.25) is 0 Å². The SMILES string of the molecule is O=C(c1ccc(COc2cccc(Br)c2)o1)N1CCSc2ccccc21. The summed E-state index contributed by atoms with van der Waals surface area (Å²) in [6, 6.07) is 19.1. The molecule has 2 aromatic carbocycles. The third-order valence-electron chi connectivity index (χ3n) is 4.02. The lowest BCUT2D eigenvalue weighted by Crippen LogP contribution is -2.35. The van der Waals surface area contributed by atoms with Gasteiger partial charge in [-0.25, -0.2) is 0 Å². The monoisotopic (exact) mass is 429 g/mol. The summed E-state index contributed by atoms with van der Waals surface area (Å²) < 4.78 is 12.4. The molecule has 3 aromatic rings. The van der Waals surface area contributed by atoms with Crippen LogP contribution in [-0.4, -0.2) is 18.2 Å². The Morgan fingerprint density at radius 3 is 2.92 bits per heavy atom. The highest BCUT2D eigenvalue weighted by Gasteiger charge is 2.25. The molecule has 0 bridgehead atoms. The Bertz CT molecular complexity index is 940. The predicted molar refractivity (Wildman–Crippen MR) is 106 cm³/mol. The Morgan fingerprint density at radius 2 is 2.04 bits per heavy atom. The molecule has 4 rings (SSSR count). The minimum Gasteiger partial charge on any atom is -0.486 e. The van der Waals surface area contributed by atoms with Crippen LogP contribution in [0.4, 0.5) is 5.69 Å². The molecule has 1 amide bonds. The van der Waals surface area contributed by atoms with Gasteiger partial charge in [-0.1, -0.05) is 34.1 Å². The Hall–Kier alpha value is -2.18. The quantitative estimate of drug-likeness (QED) is 0.558. The molecule has 6 heteroatoms. The van der Waals surface area contributed by atoms with E-state index < -0.39 is 0 Å². The zero-order chi connectivity index (χ0) is 17.9. The van der Waals surface area contributed by atoms with Crippen molar-refractivity contribution in [2.45, 2.75) is 11.5 Å². The maximum atomic E-state index is 12.9. The molecule has 4 nitrogen and oxygen atoms in total. The molecule has 1 aromatic heterocycles. The second-order valence-corrected chi connectivity index (χ2v) is 7.84. The summed E-state index contributed by atoms with van der Waals surface area (Å²) >= 11 is 5.18. The van der Waals surface area contributed by atoms with Crippen molar-refractivity contribution in [1.82, 2.24) is 0 Å². The van der Waals surface area contributed by atoms with Crippen molar-refractivity contribution < 1.29 is 13.9 Å². The van der Waals surface area contributed by atoms with Gasteiger partial charge in [0.25, 0.3) is 5.91 Å². The fourth-order valence-electron chi connectivity index (χ4n) is 2.80. The number of nitrogens with zero attached hydrogens (tertiary/aromatic N) is 1. The minimum absolute atomic E-state index is 0.119. The topological polar surface area (TPSA) is 42.7 Å². The molecule has 0 aliphatic carbocycles. The highest BCUT2D eigenvalue weighted by atomic mass is 79.9. The summed E-state index contributed by atoms with van der Waals surface area (Å²) in [7, 11) is 0. The first kappa shape index (κ1) is 17.2. The number of benzene rings is 2. The number of fused-ring (bicyclic) bond motifs is 1. The second kappa shape index (κ2) is 7.60. The normalized spacial score (nSPS) is 13.3. The van der Waals surface area contributed by atoms with E-state index >= 15 is 0 Å². The second-order valence-electron chi connectivity index (χ2n) is 5.78. The number of para-hydroxylation sites is 1. The van der Waals surface area contributed by atoms with Gasteiger partial charge < -0.3 is 14.1 Å². The molecule has 0 radical (unpaired) electrons. The molecule has 0 saturated heterocycles. The summed E-state index contributed by atoms with van der Waals surface area (Å²) in [5.41, 5.74) is 0.942. The molecule has 0 fully saturated rings. The maximum absolute atomic E-state index is 12.9. The minimum atomic E-state index is -0.119. The van der Waals surface area contributed by atoms with Gasteiger partial charge in [-0.2, -0.15) is 0 Å². The van der Waals surface area contributed by atoms with Crippen LogP contribution in [0, 0.1) is 0 Å². The van der Waals surface area contributed by atoms with E-state index in [1.165, 1.54) is 0 Å². The van der Waals surface area contributed by atoms with Gasteiger partial charge >= 0.3 is 0 Å². The number of carbonyl (C=O) groups is 1. The number of halogens is 1. The lowest BCUT2D eigenvalue weighted by molar-refractivity contribution is 0.0957. The number of rotatable bonds is 4. The summed E-state index contributed by atoms with van der Waals surface area (Å²) in [5, 5.41) is 0. The van der Waals surface area contributed by atoms with E-state index in [9.17, 15) is 4.79 Å². The predicted octanol–water partition coefficient (Wildman–Crippen LogP) is 5.37. The molecule has 0 saturated carbocycles. The van der Waals surface area contributed by atoms with Gasteiger partial charge in [-0.3, -0.25) is 4.79 Å². The summed E-state index contributed by atoms with van der Waals surface area (Å²) in [6.07, 6.45) is 0. The van der Waals surface area contributed by atoms with Crippen molar-refractivity contribution >= 4 is 39.3 Å². The van der Waals surface area contributed by atoms with Gasteiger partial charge in [0.1, 0.15) is 18.1 Å². The summed E-state index contributed by atoms with van der Waals surface area (Å²) in [5.74, 6) is 2.45. The van der Waals surface area contributed by atoms with Crippen LogP contribution < -0.4 is 9.64 Å². The van der Waals surface area contributed by atoms with Gasteiger partial charge in [0.2, 0.25) is 0 Å². The van der Waals surface area contributed by atoms with Crippen molar-refractivity contribution in [2.75, 3.05) is 17.2 Å². The number of carbonyl (C=O) groups excluding carboxylic acids is 1. The fraction of sp³-hybridized carbons (Fsp3) is 0.150. The number of ether oxygens (including phenoxy) is 1. The van der Waals surface area contributed by atoms with Gasteiger partial charge in [-0.05, 0) is 42.5 Å². The van der Waals surface area contributed by atoms with Gasteiger partial charge in [0.05, 0.1) is 5.69 Å². The van der Waals surface area contributed by atoms with Crippen LogP contribution in [-0.2, 0) is 6.61 Å². The van der Waals surface area contributed by atoms with Crippen LogP contribution in [0.25, 0.3) is 0 Å². The third-order valence-corrected chi connectivity index (χ3v) is 5.56. The first-order valence-corrected chi connectivity index (χ1v) is 9.99. The number of anilines is 1. The van der Waals surface area contributed by atoms with Gasteiger partial charge in [0.15, 0.2) is 5.76 Å². The zero-order valence-electron chi connectivity index (χ0n) is 13.9. The highest BCUT2D eigenvalue weighted by molar-refractivity contribution is 9.10. The number of thioether (sulfide) groups is 1. The zero-order valence-corrected chi connectivity index (χ0v) is 16.3. The van der Waals surface area contributed by atoms with Crippen molar-refractivity contribution in [3.8, 4) is 5.75 Å². The summed E-state index contributed by atoms with van der Waals surface area (Å²) in [4.78, 5) is 15.8. The van der Waals surface area contributed by atoms with Crippen LogP contribution >= 0.6 is 27.7 Å². The molecule has 0 N–H and O–H groups in total. The highest BCUT2D eigenvalue weighted by Crippen LogP contribution is 2.35. The van der Waals surface area contributed by atoms with E-state index in [0.29, 0.717) is 18.1 Å². The molecule has 1 aliphatic heterocycles. The lowest BCUT2D eigenvalue weighted by atomic mass is 10.2. The molecule has 0 unspecified atom stereocenters. The largest absolute Gasteiger partial charge is 0.486 e. The van der Waals surface area contributed by atoms with Gasteiger partial charge in [-0.15, -0.1) is 11.8 Å². The molecular formula is C20H16BrNO3S. The molecule has 2 heterocycles. The molecule has 0 atom stereocenters. The molecular weight excluding hydrogens is 414 g/mol. The maximum Gasteiger partial charge on any atom is 0.294 e. The van der Waals surface area contributed by atoms with Crippen LogP contribution in [0.15, 0.2) is 74.4 Å². The average molecular weight is 430 g/mol. The molecule has 0 spiro atoms. The Balaban J connectivity index is 1.47. The summed E-state index contributed by atoms with van der Waals surface area (Å²) in [6.45, 7) is 0.946. The number of hydrogen-bond donors (Lipinski definition) is 0. The Morgan fingerprint density at radius 1 is 1.15 bits per heavy atom. The lowest BCUT2D eigenvalue weighted by Gasteiger charge is -2.28. The molecule has 132 valence electrons. The van der Waals surface area contributed by atoms with Crippen LogP contribution in [0.1, 0.15) is 16.3 Å². The number of amides is 1. The van der Waals surface area contributed by atoms with Crippen LogP contribution in [0.3, 0.4) is 0 Å². The first-order valence-electron chi connectivity index (χ1n) is 8.21. The van der Waals surface area contributed by atoms with Crippen molar-refractivity contribution in [3.05, 3.63) is 76.7 Å². The van der Waals surface area contributed by atoms with E-state index in [0.717, 1.165) is 26.6 Å². The van der Waals surface area contributed by atoms with E-state index in [1.54, 1.807) is 28.8 Å².